The molecule has 4 aromatic rings. The summed E-state index contributed by atoms with van der Waals surface area (Å²) in [5.74, 6) is 3.15. The highest BCUT2D eigenvalue weighted by molar-refractivity contribution is 6.03. The molecule has 8 nitrogen and oxygen atoms in total. The Kier molecular flexibility index (Phi) is 5.94. The zero-order valence-electron chi connectivity index (χ0n) is 17.6. The highest BCUT2D eigenvalue weighted by Gasteiger charge is 2.10. The van der Waals surface area contributed by atoms with Crippen molar-refractivity contribution in [2.45, 2.75) is 0 Å². The Balaban J connectivity index is 1.61. The maximum absolute atomic E-state index is 11.3. The Morgan fingerprint density at radius 3 is 2.28 bits per heavy atom. The van der Waals surface area contributed by atoms with Gasteiger partial charge >= 0.3 is 6.03 Å². The zero-order chi connectivity index (χ0) is 22.5. The van der Waals surface area contributed by atoms with E-state index in [1.807, 2.05) is 36.4 Å². The molecule has 8 heteroatoms. The van der Waals surface area contributed by atoms with Crippen LogP contribution in [0.1, 0.15) is 0 Å². The highest BCUT2D eigenvalue weighted by atomic mass is 16.5. The minimum absolute atomic E-state index is 0.592. The van der Waals surface area contributed by atoms with E-state index in [0.29, 0.717) is 34.5 Å². The van der Waals surface area contributed by atoms with Crippen LogP contribution in [0.5, 0.6) is 23.0 Å². The van der Waals surface area contributed by atoms with Crippen LogP contribution in [0, 0.1) is 0 Å². The van der Waals surface area contributed by atoms with Gasteiger partial charge in [0.1, 0.15) is 28.8 Å². The highest BCUT2D eigenvalue weighted by Crippen LogP contribution is 2.35. The van der Waals surface area contributed by atoms with E-state index in [0.717, 1.165) is 16.5 Å². The van der Waals surface area contributed by atoms with Gasteiger partial charge in [0, 0.05) is 46.9 Å². The largest absolute Gasteiger partial charge is 0.497 e. The maximum Gasteiger partial charge on any atom is 0.316 e. The summed E-state index contributed by atoms with van der Waals surface area (Å²) in [7, 11) is 3.19. The predicted octanol–water partition coefficient (Wildman–Crippen LogP) is 5.28. The molecule has 4 rings (SSSR count). The summed E-state index contributed by atoms with van der Waals surface area (Å²) in [5.41, 5.74) is 6.66. The number of primary amides is 1. The molecule has 0 bridgehead atoms. The number of pyridine rings is 1. The second-order valence-electron chi connectivity index (χ2n) is 6.85. The fourth-order valence-corrected chi connectivity index (χ4v) is 3.30. The fourth-order valence-electron chi connectivity index (χ4n) is 3.30. The monoisotopic (exact) mass is 430 g/mol. The lowest BCUT2D eigenvalue weighted by molar-refractivity contribution is 0.259. The maximum atomic E-state index is 11.3. The van der Waals surface area contributed by atoms with Crippen molar-refractivity contribution < 1.29 is 19.0 Å². The first-order chi connectivity index (χ1) is 15.6. The van der Waals surface area contributed by atoms with Gasteiger partial charge in [0.2, 0.25) is 0 Å². The first kappa shape index (κ1) is 20.8. The predicted molar refractivity (Wildman–Crippen MR) is 124 cm³/mol. The zero-order valence-corrected chi connectivity index (χ0v) is 17.6. The number of amides is 2. The van der Waals surface area contributed by atoms with Crippen molar-refractivity contribution in [2.24, 2.45) is 5.73 Å². The molecule has 0 fully saturated rings. The standard InChI is InChI=1S/C24H22N4O4/c1-30-17-11-15(12-18(13-17)31-2)27-23-14-16(9-10-26-23)32-22-8-7-21(28-24(25)29)19-5-3-4-6-20(19)22/h3-14H,1-2H3,(H,26,27)(H3,25,28,29). The number of hydrogen-bond donors (Lipinski definition) is 3. The Hall–Kier alpha value is -4.46. The van der Waals surface area contributed by atoms with E-state index in [9.17, 15) is 4.79 Å². The van der Waals surface area contributed by atoms with Crippen LogP contribution in [0.4, 0.5) is 22.0 Å². The molecule has 0 aliphatic carbocycles. The lowest BCUT2D eigenvalue weighted by atomic mass is 10.1. The van der Waals surface area contributed by atoms with Gasteiger partial charge in [-0.3, -0.25) is 0 Å². The lowest BCUT2D eigenvalue weighted by Gasteiger charge is -2.14. The Morgan fingerprint density at radius 1 is 0.875 bits per heavy atom. The molecule has 0 aliphatic rings. The third-order valence-electron chi connectivity index (χ3n) is 4.72. The Labute approximate surface area is 184 Å². The number of nitrogens with one attached hydrogen (secondary N) is 2. The van der Waals surface area contributed by atoms with Gasteiger partial charge in [-0.15, -0.1) is 0 Å². The van der Waals surface area contributed by atoms with E-state index >= 15 is 0 Å². The van der Waals surface area contributed by atoms with E-state index in [2.05, 4.69) is 15.6 Å². The number of carbonyl (C=O) groups is 1. The van der Waals surface area contributed by atoms with E-state index in [-0.39, 0.29) is 0 Å². The number of ether oxygens (including phenoxy) is 3. The van der Waals surface area contributed by atoms with Crippen LogP contribution in [0.25, 0.3) is 10.8 Å². The van der Waals surface area contributed by atoms with Crippen LogP contribution >= 0.6 is 0 Å². The smallest absolute Gasteiger partial charge is 0.316 e. The van der Waals surface area contributed by atoms with Crippen LogP contribution in [0.3, 0.4) is 0 Å². The first-order valence-corrected chi connectivity index (χ1v) is 9.78. The number of benzene rings is 3. The normalized spacial score (nSPS) is 10.4. The van der Waals surface area contributed by atoms with Gasteiger partial charge in [-0.25, -0.2) is 9.78 Å². The van der Waals surface area contributed by atoms with Gasteiger partial charge in [-0.1, -0.05) is 24.3 Å². The third-order valence-corrected chi connectivity index (χ3v) is 4.72. The molecule has 0 unspecified atom stereocenters. The molecule has 1 aromatic heterocycles. The van der Waals surface area contributed by atoms with Gasteiger partial charge in [0.05, 0.1) is 19.9 Å². The number of urea groups is 1. The van der Waals surface area contributed by atoms with E-state index in [1.54, 1.807) is 50.7 Å². The fraction of sp³-hybridized carbons (Fsp3) is 0.0833. The summed E-state index contributed by atoms with van der Waals surface area (Å²) in [4.78, 5) is 15.7. The van der Waals surface area contributed by atoms with Crippen molar-refractivity contribution in [2.75, 3.05) is 24.9 Å². The molecule has 2 amide bonds. The summed E-state index contributed by atoms with van der Waals surface area (Å²) in [5, 5.41) is 7.53. The van der Waals surface area contributed by atoms with Gasteiger partial charge in [-0.2, -0.15) is 0 Å². The molecular formula is C24H22N4O4. The second kappa shape index (κ2) is 9.13. The SMILES string of the molecule is COc1cc(Nc2cc(Oc3ccc(NC(N)=O)c4ccccc34)ccn2)cc(OC)c1. The van der Waals surface area contributed by atoms with E-state index in [4.69, 9.17) is 19.9 Å². The van der Waals surface area contributed by atoms with Gasteiger partial charge in [0.15, 0.2) is 0 Å². The van der Waals surface area contributed by atoms with Crippen molar-refractivity contribution in [3.8, 4) is 23.0 Å². The van der Waals surface area contributed by atoms with Gasteiger partial charge in [-0.05, 0) is 18.2 Å². The van der Waals surface area contributed by atoms with E-state index in [1.165, 1.54) is 0 Å². The lowest BCUT2D eigenvalue weighted by Crippen LogP contribution is -2.19. The minimum atomic E-state index is -0.622. The molecule has 0 radical (unpaired) electrons. The van der Waals surface area contributed by atoms with Crippen LogP contribution in [0.2, 0.25) is 0 Å². The number of aromatic nitrogens is 1. The van der Waals surface area contributed by atoms with Crippen molar-refractivity contribution in [3.05, 3.63) is 72.9 Å². The molecule has 0 spiro atoms. The van der Waals surface area contributed by atoms with Gasteiger partial charge < -0.3 is 30.6 Å². The van der Waals surface area contributed by atoms with Crippen molar-refractivity contribution in [1.82, 2.24) is 4.98 Å². The molecule has 0 aliphatic heterocycles. The Morgan fingerprint density at radius 2 is 1.59 bits per heavy atom. The number of fused-ring (bicyclic) bond motifs is 1. The van der Waals surface area contributed by atoms with Crippen LogP contribution in [-0.4, -0.2) is 25.2 Å². The average Bonchev–Trinajstić information content (AvgIpc) is 2.80. The summed E-state index contributed by atoms with van der Waals surface area (Å²) in [6.07, 6.45) is 1.65. The number of hydrogen-bond acceptors (Lipinski definition) is 6. The Bertz CT molecular complexity index is 1250. The molecule has 1 heterocycles. The summed E-state index contributed by atoms with van der Waals surface area (Å²) in [6.45, 7) is 0. The van der Waals surface area contributed by atoms with Crippen molar-refractivity contribution in [1.29, 1.82) is 0 Å². The average molecular weight is 430 g/mol. The number of nitrogens with zero attached hydrogens (tertiary/aromatic N) is 1. The van der Waals surface area contributed by atoms with Crippen molar-refractivity contribution in [3.63, 3.8) is 0 Å². The number of methoxy groups -OCH3 is 2. The quantitative estimate of drug-likeness (QED) is 0.368. The van der Waals surface area contributed by atoms with Crippen LogP contribution < -0.4 is 30.6 Å². The first-order valence-electron chi connectivity index (χ1n) is 9.78. The second-order valence-corrected chi connectivity index (χ2v) is 6.85. The molecule has 4 N–H and O–H groups in total. The summed E-state index contributed by atoms with van der Waals surface area (Å²) >= 11 is 0. The molecule has 0 saturated carbocycles. The molecule has 32 heavy (non-hydrogen) atoms. The molecule has 3 aromatic carbocycles. The number of carbonyl (C=O) groups excluding carboxylic acids is 1. The minimum Gasteiger partial charge on any atom is -0.497 e. The van der Waals surface area contributed by atoms with E-state index < -0.39 is 6.03 Å². The van der Waals surface area contributed by atoms with Crippen LogP contribution in [-0.2, 0) is 0 Å². The molecular weight excluding hydrogens is 408 g/mol. The van der Waals surface area contributed by atoms with Crippen molar-refractivity contribution >= 4 is 34.0 Å². The molecule has 0 saturated heterocycles. The molecule has 162 valence electrons. The van der Waals surface area contributed by atoms with Gasteiger partial charge in [0.25, 0.3) is 0 Å². The van der Waals surface area contributed by atoms with Crippen LogP contribution in [0.15, 0.2) is 72.9 Å². The number of nitrogens with two attached hydrogens (primary N) is 1. The number of anilines is 3. The summed E-state index contributed by atoms with van der Waals surface area (Å²) < 4.78 is 16.8. The topological polar surface area (TPSA) is 108 Å². The third kappa shape index (κ3) is 4.65. The summed E-state index contributed by atoms with van der Waals surface area (Å²) in [6, 6.07) is 19.5. The number of rotatable bonds is 7. The molecule has 0 atom stereocenters.